The molecule has 1 aromatic rings. The third kappa shape index (κ3) is 6.83. The Bertz CT molecular complexity index is 768. The van der Waals surface area contributed by atoms with Gasteiger partial charge in [-0.25, -0.2) is 14.5 Å². The molecule has 1 aromatic heterocycles. The first-order valence-electron chi connectivity index (χ1n) is 11.6. The molecule has 174 valence electrons. The molecule has 2 N–H and O–H groups in total. The van der Waals surface area contributed by atoms with Crippen molar-refractivity contribution >= 4 is 12.1 Å². The second kappa shape index (κ2) is 10.3. The number of aryl methyl sites for hydroxylation is 2. The van der Waals surface area contributed by atoms with Gasteiger partial charge in [-0.2, -0.15) is 5.10 Å². The Morgan fingerprint density at radius 3 is 2.81 bits per heavy atom. The van der Waals surface area contributed by atoms with E-state index < -0.39 is 5.60 Å². The maximum atomic E-state index is 12.4. The van der Waals surface area contributed by atoms with Gasteiger partial charge >= 0.3 is 6.09 Å². The summed E-state index contributed by atoms with van der Waals surface area (Å²) < 4.78 is 7.56. The van der Waals surface area contributed by atoms with Crippen molar-refractivity contribution in [2.24, 2.45) is 10.9 Å². The second-order valence-electron chi connectivity index (χ2n) is 9.58. The van der Waals surface area contributed by atoms with Gasteiger partial charge in [-0.05, 0) is 52.4 Å². The number of hydrogen-bond donors (Lipinski definition) is 2. The molecule has 31 heavy (non-hydrogen) atoms. The van der Waals surface area contributed by atoms with Crippen LogP contribution >= 0.6 is 0 Å². The summed E-state index contributed by atoms with van der Waals surface area (Å²) in [5.41, 5.74) is -0.450. The van der Waals surface area contributed by atoms with Crippen molar-refractivity contribution in [3.05, 3.63) is 11.6 Å². The fourth-order valence-electron chi connectivity index (χ4n) is 4.20. The van der Waals surface area contributed by atoms with Gasteiger partial charge in [0.1, 0.15) is 11.4 Å². The highest BCUT2D eigenvalue weighted by Crippen LogP contribution is 2.21. The second-order valence-corrected chi connectivity index (χ2v) is 9.58. The van der Waals surface area contributed by atoms with E-state index in [0.717, 1.165) is 82.3 Å². The summed E-state index contributed by atoms with van der Waals surface area (Å²) in [5.74, 6) is 3.31. The van der Waals surface area contributed by atoms with E-state index in [1.54, 1.807) is 7.05 Å². The van der Waals surface area contributed by atoms with E-state index in [2.05, 4.69) is 32.6 Å². The minimum absolute atomic E-state index is 0.196. The molecular formula is C22H39N7O2. The predicted octanol–water partition coefficient (Wildman–Crippen LogP) is 2.36. The van der Waals surface area contributed by atoms with Crippen molar-refractivity contribution in [3.8, 4) is 0 Å². The molecule has 2 unspecified atom stereocenters. The number of likely N-dealkylation sites (tertiary alicyclic amines) is 1. The van der Waals surface area contributed by atoms with Crippen LogP contribution in [0.5, 0.6) is 0 Å². The normalized spacial score (nSPS) is 22.1. The number of guanidine groups is 1. The maximum absolute atomic E-state index is 12.4. The Kier molecular flexibility index (Phi) is 7.78. The summed E-state index contributed by atoms with van der Waals surface area (Å²) in [5, 5.41) is 11.6. The molecular weight excluding hydrogens is 394 g/mol. The molecule has 0 radical (unpaired) electrons. The van der Waals surface area contributed by atoms with Crippen LogP contribution in [0.15, 0.2) is 4.99 Å². The summed E-state index contributed by atoms with van der Waals surface area (Å²) in [7, 11) is 1.80. The number of fused-ring (bicyclic) bond motifs is 1. The van der Waals surface area contributed by atoms with Crippen molar-refractivity contribution in [1.82, 2.24) is 30.3 Å². The predicted molar refractivity (Wildman–Crippen MR) is 121 cm³/mol. The SMILES string of the molecule is CCc1nc2n(n1)CC(NC(=NC)NCCC1CCCN(C(=O)OC(C)(C)C)C1)CC2. The smallest absolute Gasteiger partial charge is 0.410 e. The summed E-state index contributed by atoms with van der Waals surface area (Å²) in [6, 6.07) is 0.294. The number of ether oxygens (including phenoxy) is 1. The van der Waals surface area contributed by atoms with Crippen LogP contribution in [0.3, 0.4) is 0 Å². The average Bonchev–Trinajstić information content (AvgIpc) is 3.14. The van der Waals surface area contributed by atoms with Gasteiger partial charge in [-0.1, -0.05) is 6.92 Å². The quantitative estimate of drug-likeness (QED) is 0.547. The van der Waals surface area contributed by atoms with Gasteiger partial charge in [0.25, 0.3) is 0 Å². The van der Waals surface area contributed by atoms with Crippen LogP contribution in [0.25, 0.3) is 0 Å². The Morgan fingerprint density at radius 1 is 1.29 bits per heavy atom. The molecule has 3 rings (SSSR count). The highest BCUT2D eigenvalue weighted by molar-refractivity contribution is 5.79. The number of carbonyl (C=O) groups excluding carboxylic acids is 1. The molecule has 0 spiro atoms. The van der Waals surface area contributed by atoms with Crippen LogP contribution in [-0.2, 0) is 24.1 Å². The molecule has 9 heteroatoms. The minimum atomic E-state index is -0.450. The zero-order chi connectivity index (χ0) is 22.4. The highest BCUT2D eigenvalue weighted by atomic mass is 16.6. The molecule has 1 saturated heterocycles. The molecule has 1 fully saturated rings. The average molecular weight is 434 g/mol. The number of rotatable bonds is 5. The van der Waals surface area contributed by atoms with Crippen molar-refractivity contribution in [1.29, 1.82) is 0 Å². The molecule has 0 bridgehead atoms. The first kappa shape index (κ1) is 23.3. The lowest BCUT2D eigenvalue weighted by atomic mass is 9.95. The van der Waals surface area contributed by atoms with Crippen molar-refractivity contribution in [2.45, 2.75) is 84.4 Å². The van der Waals surface area contributed by atoms with Crippen LogP contribution in [0.4, 0.5) is 4.79 Å². The Balaban J connectivity index is 1.41. The Hall–Kier alpha value is -2.32. The monoisotopic (exact) mass is 433 g/mol. The van der Waals surface area contributed by atoms with Crippen LogP contribution in [-0.4, -0.2) is 70.0 Å². The third-order valence-electron chi connectivity index (χ3n) is 5.80. The molecule has 9 nitrogen and oxygen atoms in total. The number of carbonyl (C=O) groups is 1. The molecule has 2 aliphatic rings. The van der Waals surface area contributed by atoms with Crippen molar-refractivity contribution in [3.63, 3.8) is 0 Å². The van der Waals surface area contributed by atoms with E-state index in [0.29, 0.717) is 12.0 Å². The summed E-state index contributed by atoms with van der Waals surface area (Å²) in [6.45, 7) is 11.0. The summed E-state index contributed by atoms with van der Waals surface area (Å²) in [6.07, 6.45) is 5.80. The van der Waals surface area contributed by atoms with Gasteiger partial charge in [-0.15, -0.1) is 0 Å². The van der Waals surface area contributed by atoms with Crippen LogP contribution in [0.1, 0.15) is 65.0 Å². The number of nitrogens with one attached hydrogen (secondary N) is 2. The lowest BCUT2D eigenvalue weighted by molar-refractivity contribution is 0.0162. The van der Waals surface area contributed by atoms with E-state index in [9.17, 15) is 4.79 Å². The summed E-state index contributed by atoms with van der Waals surface area (Å²) >= 11 is 0. The molecule has 2 aliphatic heterocycles. The number of hydrogen-bond acceptors (Lipinski definition) is 5. The zero-order valence-corrected chi connectivity index (χ0v) is 19.8. The van der Waals surface area contributed by atoms with Crippen LogP contribution in [0.2, 0.25) is 0 Å². The summed E-state index contributed by atoms with van der Waals surface area (Å²) in [4.78, 5) is 23.2. The van der Waals surface area contributed by atoms with Crippen LogP contribution < -0.4 is 10.6 Å². The minimum Gasteiger partial charge on any atom is -0.444 e. The largest absolute Gasteiger partial charge is 0.444 e. The van der Waals surface area contributed by atoms with Gasteiger partial charge in [0.05, 0.1) is 6.54 Å². The van der Waals surface area contributed by atoms with Crippen molar-refractivity contribution in [2.75, 3.05) is 26.7 Å². The van der Waals surface area contributed by atoms with E-state index in [4.69, 9.17) is 4.74 Å². The molecule has 3 heterocycles. The van der Waals surface area contributed by atoms with Gasteiger partial charge in [-0.3, -0.25) is 4.99 Å². The zero-order valence-electron chi connectivity index (χ0n) is 19.8. The highest BCUT2D eigenvalue weighted by Gasteiger charge is 2.27. The standard InChI is InChI=1S/C22H39N7O2/c1-6-18-26-19-10-9-17(15-29(19)27-18)25-20(23-5)24-12-11-16-8-7-13-28(14-16)21(30)31-22(2,3)4/h16-17H,6-15H2,1-5H3,(H2,23,24,25). The number of amides is 1. The fourth-order valence-corrected chi connectivity index (χ4v) is 4.20. The molecule has 0 saturated carbocycles. The molecule has 0 aromatic carbocycles. The van der Waals surface area contributed by atoms with E-state index >= 15 is 0 Å². The third-order valence-corrected chi connectivity index (χ3v) is 5.80. The van der Waals surface area contributed by atoms with Gasteiger partial charge < -0.3 is 20.3 Å². The first-order valence-corrected chi connectivity index (χ1v) is 11.6. The maximum Gasteiger partial charge on any atom is 0.410 e. The first-order chi connectivity index (χ1) is 14.8. The molecule has 2 atom stereocenters. The number of nitrogens with zero attached hydrogens (tertiary/aromatic N) is 5. The van der Waals surface area contributed by atoms with E-state index in [1.165, 1.54) is 0 Å². The molecule has 0 aliphatic carbocycles. The van der Waals surface area contributed by atoms with E-state index in [-0.39, 0.29) is 6.09 Å². The van der Waals surface area contributed by atoms with Gasteiger partial charge in [0.2, 0.25) is 0 Å². The topological polar surface area (TPSA) is 96.7 Å². The van der Waals surface area contributed by atoms with Gasteiger partial charge in [0.15, 0.2) is 11.8 Å². The number of aliphatic imine (C=N–C) groups is 1. The Labute approximate surface area is 186 Å². The van der Waals surface area contributed by atoms with E-state index in [1.807, 2.05) is 30.4 Å². The van der Waals surface area contributed by atoms with Gasteiger partial charge in [0, 0.05) is 45.6 Å². The fraction of sp³-hybridized carbons (Fsp3) is 0.818. The Morgan fingerprint density at radius 2 is 2.10 bits per heavy atom. The number of aromatic nitrogens is 3. The van der Waals surface area contributed by atoms with Crippen molar-refractivity contribution < 1.29 is 9.53 Å². The van der Waals surface area contributed by atoms with Crippen LogP contribution in [0, 0.1) is 5.92 Å². The lowest BCUT2D eigenvalue weighted by Gasteiger charge is -2.34. The molecule has 1 amide bonds. The lowest BCUT2D eigenvalue weighted by Crippen LogP contribution is -2.48. The number of piperidine rings is 1.